The van der Waals surface area contributed by atoms with Crippen molar-refractivity contribution in [3.05, 3.63) is 59.9 Å². The number of rotatable bonds is 4. The van der Waals surface area contributed by atoms with Crippen molar-refractivity contribution < 1.29 is 14.3 Å². The molecular formula is C19H22FN3O2. The molecule has 1 aliphatic heterocycles. The number of nitrogens with zero attached hydrogens (tertiary/aromatic N) is 2. The number of carbonyl (C=O) groups excluding carboxylic acids is 1. The van der Waals surface area contributed by atoms with Crippen LogP contribution in [0.2, 0.25) is 0 Å². The average molecular weight is 343 g/mol. The van der Waals surface area contributed by atoms with E-state index < -0.39 is 0 Å². The van der Waals surface area contributed by atoms with Crippen molar-refractivity contribution in [3.63, 3.8) is 0 Å². The van der Waals surface area contributed by atoms with Crippen LogP contribution in [-0.2, 0) is 6.42 Å². The van der Waals surface area contributed by atoms with Gasteiger partial charge in [-0.1, -0.05) is 24.3 Å². The van der Waals surface area contributed by atoms with Gasteiger partial charge in [0.1, 0.15) is 11.6 Å². The zero-order chi connectivity index (χ0) is 17.6. The molecule has 0 spiro atoms. The van der Waals surface area contributed by atoms with Crippen LogP contribution >= 0.6 is 0 Å². The Morgan fingerprint density at radius 3 is 2.40 bits per heavy atom. The lowest BCUT2D eigenvalue weighted by atomic mass is 10.1. The molecule has 1 heterocycles. The van der Waals surface area contributed by atoms with Crippen molar-refractivity contribution in [1.29, 1.82) is 0 Å². The van der Waals surface area contributed by atoms with Crippen LogP contribution in [0, 0.1) is 5.82 Å². The molecule has 0 atom stereocenters. The van der Waals surface area contributed by atoms with Crippen molar-refractivity contribution in [2.75, 3.05) is 37.6 Å². The molecule has 6 heteroatoms. The number of carbonyl (C=O) groups is 1. The molecule has 0 saturated carbocycles. The minimum absolute atomic E-state index is 0.0842. The van der Waals surface area contributed by atoms with Gasteiger partial charge in [0.2, 0.25) is 0 Å². The molecule has 2 N–H and O–H groups in total. The number of urea groups is 1. The van der Waals surface area contributed by atoms with Gasteiger partial charge >= 0.3 is 6.03 Å². The van der Waals surface area contributed by atoms with E-state index in [0.29, 0.717) is 39.1 Å². The number of aromatic hydroxyl groups is 1. The summed E-state index contributed by atoms with van der Waals surface area (Å²) in [7, 11) is 0. The van der Waals surface area contributed by atoms with Gasteiger partial charge < -0.3 is 20.2 Å². The monoisotopic (exact) mass is 343 g/mol. The smallest absolute Gasteiger partial charge is 0.317 e. The normalized spacial score (nSPS) is 14.4. The Hall–Kier alpha value is -2.76. The van der Waals surface area contributed by atoms with E-state index in [1.165, 1.54) is 12.1 Å². The molecular weight excluding hydrogens is 321 g/mol. The van der Waals surface area contributed by atoms with Gasteiger partial charge in [-0.25, -0.2) is 9.18 Å². The van der Waals surface area contributed by atoms with Crippen LogP contribution < -0.4 is 10.2 Å². The Bertz CT molecular complexity index is 713. The fourth-order valence-electron chi connectivity index (χ4n) is 2.96. The summed E-state index contributed by atoms with van der Waals surface area (Å²) in [5.41, 5.74) is 1.80. The van der Waals surface area contributed by atoms with Crippen LogP contribution in [0.1, 0.15) is 5.56 Å². The van der Waals surface area contributed by atoms with Gasteiger partial charge in [-0.05, 0) is 36.2 Å². The molecule has 0 aromatic heterocycles. The van der Waals surface area contributed by atoms with Gasteiger partial charge in [0.25, 0.3) is 0 Å². The molecule has 2 amide bonds. The van der Waals surface area contributed by atoms with Crippen molar-refractivity contribution >= 4 is 11.7 Å². The number of piperazine rings is 1. The van der Waals surface area contributed by atoms with Gasteiger partial charge in [-0.3, -0.25) is 0 Å². The van der Waals surface area contributed by atoms with Gasteiger partial charge in [-0.2, -0.15) is 0 Å². The summed E-state index contributed by atoms with van der Waals surface area (Å²) in [5, 5.41) is 12.8. The molecule has 132 valence electrons. The number of benzene rings is 2. The van der Waals surface area contributed by atoms with Gasteiger partial charge in [-0.15, -0.1) is 0 Å². The van der Waals surface area contributed by atoms with E-state index in [1.54, 1.807) is 29.2 Å². The first kappa shape index (κ1) is 17.1. The Kier molecular flexibility index (Phi) is 5.38. The van der Waals surface area contributed by atoms with Crippen LogP contribution in [0.15, 0.2) is 48.5 Å². The lowest BCUT2D eigenvalue weighted by molar-refractivity contribution is 0.194. The van der Waals surface area contributed by atoms with Gasteiger partial charge in [0, 0.05) is 32.7 Å². The zero-order valence-electron chi connectivity index (χ0n) is 14.0. The summed E-state index contributed by atoms with van der Waals surface area (Å²) in [6, 6.07) is 13.5. The standard InChI is InChI=1S/C19H22FN3O2/c20-16-7-5-15(6-8-16)9-10-21-19(25)23-13-11-22(12-14-23)17-3-1-2-4-18(17)24/h1-8,24H,9-14H2,(H,21,25). The fourth-order valence-corrected chi connectivity index (χ4v) is 2.96. The summed E-state index contributed by atoms with van der Waals surface area (Å²) in [4.78, 5) is 16.1. The van der Waals surface area contributed by atoms with Crippen molar-refractivity contribution in [2.24, 2.45) is 0 Å². The highest BCUT2D eigenvalue weighted by Gasteiger charge is 2.22. The first-order valence-electron chi connectivity index (χ1n) is 8.43. The summed E-state index contributed by atoms with van der Waals surface area (Å²) in [6.07, 6.45) is 0.671. The molecule has 3 rings (SSSR count). The second-order valence-electron chi connectivity index (χ2n) is 6.07. The van der Waals surface area contributed by atoms with Gasteiger partial charge in [0.15, 0.2) is 0 Å². The van der Waals surface area contributed by atoms with Crippen LogP contribution in [0.4, 0.5) is 14.9 Å². The van der Waals surface area contributed by atoms with Crippen molar-refractivity contribution in [2.45, 2.75) is 6.42 Å². The van der Waals surface area contributed by atoms with E-state index in [4.69, 9.17) is 0 Å². The topological polar surface area (TPSA) is 55.8 Å². The number of nitrogens with one attached hydrogen (secondary N) is 1. The summed E-state index contributed by atoms with van der Waals surface area (Å²) >= 11 is 0. The Morgan fingerprint density at radius 2 is 1.72 bits per heavy atom. The van der Waals surface area contributed by atoms with Crippen molar-refractivity contribution in [1.82, 2.24) is 10.2 Å². The molecule has 0 radical (unpaired) electrons. The fraction of sp³-hybridized carbons (Fsp3) is 0.316. The largest absolute Gasteiger partial charge is 0.506 e. The second-order valence-corrected chi connectivity index (χ2v) is 6.07. The predicted octanol–water partition coefficient (Wildman–Crippen LogP) is 2.61. The maximum absolute atomic E-state index is 12.9. The number of phenolic OH excluding ortho intramolecular Hbond substituents is 1. The minimum Gasteiger partial charge on any atom is -0.506 e. The molecule has 2 aromatic rings. The number of hydrogen-bond acceptors (Lipinski definition) is 3. The Balaban J connectivity index is 1.44. The third-order valence-corrected chi connectivity index (χ3v) is 4.39. The highest BCUT2D eigenvalue weighted by atomic mass is 19.1. The third-order valence-electron chi connectivity index (χ3n) is 4.39. The summed E-state index contributed by atoms with van der Waals surface area (Å²) in [6.45, 7) is 3.10. The first-order chi connectivity index (χ1) is 12.1. The molecule has 0 aliphatic carbocycles. The van der Waals surface area contributed by atoms with E-state index in [1.807, 2.05) is 12.1 Å². The molecule has 5 nitrogen and oxygen atoms in total. The minimum atomic E-state index is -0.255. The SMILES string of the molecule is O=C(NCCc1ccc(F)cc1)N1CCN(c2ccccc2O)CC1. The number of halogens is 1. The second kappa shape index (κ2) is 7.88. The molecule has 25 heavy (non-hydrogen) atoms. The molecule has 0 unspecified atom stereocenters. The number of anilines is 1. The predicted molar refractivity (Wildman–Crippen MR) is 95.4 cm³/mol. The highest BCUT2D eigenvalue weighted by molar-refractivity contribution is 5.74. The van der Waals surface area contributed by atoms with E-state index in [9.17, 15) is 14.3 Å². The number of hydrogen-bond donors (Lipinski definition) is 2. The third kappa shape index (κ3) is 4.41. The lowest BCUT2D eigenvalue weighted by Gasteiger charge is -2.36. The average Bonchev–Trinajstić information content (AvgIpc) is 2.64. The zero-order valence-corrected chi connectivity index (χ0v) is 14.0. The molecule has 1 aliphatic rings. The number of para-hydroxylation sites is 2. The van der Waals surface area contributed by atoms with E-state index >= 15 is 0 Å². The summed E-state index contributed by atoms with van der Waals surface area (Å²) < 4.78 is 12.9. The molecule has 2 aromatic carbocycles. The quantitative estimate of drug-likeness (QED) is 0.897. The van der Waals surface area contributed by atoms with Crippen molar-refractivity contribution in [3.8, 4) is 5.75 Å². The Morgan fingerprint density at radius 1 is 1.04 bits per heavy atom. The molecule has 0 bridgehead atoms. The van der Waals surface area contributed by atoms with Crippen LogP contribution in [-0.4, -0.2) is 48.8 Å². The van der Waals surface area contributed by atoms with Crippen LogP contribution in [0.25, 0.3) is 0 Å². The van der Waals surface area contributed by atoms with Gasteiger partial charge in [0.05, 0.1) is 5.69 Å². The maximum Gasteiger partial charge on any atom is 0.317 e. The van der Waals surface area contributed by atoms with E-state index in [0.717, 1.165) is 11.3 Å². The van der Waals surface area contributed by atoms with E-state index in [-0.39, 0.29) is 17.6 Å². The first-order valence-corrected chi connectivity index (χ1v) is 8.43. The van der Waals surface area contributed by atoms with Crippen LogP contribution in [0.3, 0.4) is 0 Å². The number of phenols is 1. The van der Waals surface area contributed by atoms with E-state index in [2.05, 4.69) is 10.2 Å². The molecule has 1 saturated heterocycles. The highest BCUT2D eigenvalue weighted by Crippen LogP contribution is 2.27. The molecule has 1 fully saturated rings. The number of amides is 2. The van der Waals surface area contributed by atoms with Crippen LogP contribution in [0.5, 0.6) is 5.75 Å². The maximum atomic E-state index is 12.9. The Labute approximate surface area is 146 Å². The lowest BCUT2D eigenvalue weighted by Crippen LogP contribution is -2.52. The summed E-state index contributed by atoms with van der Waals surface area (Å²) in [5.74, 6) is 0.00908.